The van der Waals surface area contributed by atoms with Crippen molar-refractivity contribution in [1.29, 1.82) is 0 Å². The fourth-order valence-electron chi connectivity index (χ4n) is 2.76. The highest BCUT2D eigenvalue weighted by atomic mass is 79.9. The third-order valence-electron chi connectivity index (χ3n) is 4.38. The van der Waals surface area contributed by atoms with Crippen LogP contribution in [0.3, 0.4) is 0 Å². The van der Waals surface area contributed by atoms with Crippen LogP contribution in [0.1, 0.15) is 24.4 Å². The molecule has 9 heteroatoms. The van der Waals surface area contributed by atoms with Gasteiger partial charge in [0.05, 0.1) is 17.3 Å². The van der Waals surface area contributed by atoms with Crippen molar-refractivity contribution in [2.24, 2.45) is 0 Å². The van der Waals surface area contributed by atoms with Crippen LogP contribution in [0, 0.1) is 0 Å². The third-order valence-corrected chi connectivity index (χ3v) is 5.85. The van der Waals surface area contributed by atoms with Gasteiger partial charge in [0.2, 0.25) is 0 Å². The number of likely N-dealkylation sites (N-methyl/N-ethyl adjacent to an activating group) is 1. The Balaban J connectivity index is 0.00000280. The van der Waals surface area contributed by atoms with Crippen LogP contribution in [0.15, 0.2) is 39.4 Å². The highest BCUT2D eigenvalue weighted by Crippen LogP contribution is 2.32. The van der Waals surface area contributed by atoms with Gasteiger partial charge >= 0.3 is 0 Å². The van der Waals surface area contributed by atoms with Crippen molar-refractivity contribution in [3.8, 4) is 5.75 Å². The summed E-state index contributed by atoms with van der Waals surface area (Å²) < 4.78 is 12.3. The molecule has 0 spiro atoms. The van der Waals surface area contributed by atoms with Gasteiger partial charge in [-0.3, -0.25) is 9.69 Å². The van der Waals surface area contributed by atoms with Gasteiger partial charge < -0.3 is 14.1 Å². The molecule has 3 aromatic rings. The summed E-state index contributed by atoms with van der Waals surface area (Å²) in [6.07, 6.45) is 0. The Kier molecular flexibility index (Phi) is 8.30. The molecule has 0 N–H and O–H groups in total. The lowest BCUT2D eigenvalue weighted by Gasteiger charge is -2.24. The Hall–Kier alpha value is -1.61. The summed E-state index contributed by atoms with van der Waals surface area (Å²) >= 11 is 4.74. The van der Waals surface area contributed by atoms with E-state index in [2.05, 4.69) is 39.7 Å². The highest BCUT2D eigenvalue weighted by Gasteiger charge is 2.24. The second-order valence-corrected chi connectivity index (χ2v) is 7.71. The predicted molar refractivity (Wildman–Crippen MR) is 119 cm³/mol. The molecule has 1 aromatic carbocycles. The van der Waals surface area contributed by atoms with Crippen LogP contribution in [0.5, 0.6) is 5.75 Å². The van der Waals surface area contributed by atoms with E-state index < -0.39 is 0 Å². The quantitative estimate of drug-likeness (QED) is 0.443. The van der Waals surface area contributed by atoms with Crippen molar-refractivity contribution < 1.29 is 13.9 Å². The van der Waals surface area contributed by atoms with E-state index >= 15 is 0 Å². The molecule has 1 amide bonds. The van der Waals surface area contributed by atoms with Gasteiger partial charge in [-0.1, -0.05) is 25.2 Å². The van der Waals surface area contributed by atoms with E-state index in [0.717, 1.165) is 35.6 Å². The molecule has 0 bridgehead atoms. The van der Waals surface area contributed by atoms with Gasteiger partial charge in [0.25, 0.3) is 5.91 Å². The Morgan fingerprint density at radius 1 is 1.21 bits per heavy atom. The molecule has 0 aliphatic carbocycles. The van der Waals surface area contributed by atoms with Crippen molar-refractivity contribution in [3.05, 3.63) is 40.8 Å². The number of hydrogen-bond acceptors (Lipinski definition) is 6. The number of hydrogen-bond donors (Lipinski definition) is 0. The number of thiazole rings is 1. The van der Waals surface area contributed by atoms with Crippen molar-refractivity contribution >= 4 is 60.9 Å². The number of carbonyl (C=O) groups excluding carboxylic acids is 1. The van der Waals surface area contributed by atoms with Crippen LogP contribution in [0.25, 0.3) is 10.2 Å². The summed E-state index contributed by atoms with van der Waals surface area (Å²) in [7, 11) is 1.64. The van der Waals surface area contributed by atoms with Crippen LogP contribution in [0.4, 0.5) is 5.13 Å². The maximum absolute atomic E-state index is 13.1. The number of rotatable bonds is 8. The second-order valence-electron chi connectivity index (χ2n) is 5.92. The van der Waals surface area contributed by atoms with Crippen LogP contribution in [0.2, 0.25) is 0 Å². The second kappa shape index (κ2) is 10.2. The normalized spacial score (nSPS) is 10.9. The molecule has 0 aliphatic rings. The Morgan fingerprint density at radius 3 is 2.57 bits per heavy atom. The minimum atomic E-state index is -0.195. The number of fused-ring (bicyclic) bond motifs is 1. The van der Waals surface area contributed by atoms with Crippen molar-refractivity contribution in [2.45, 2.75) is 13.8 Å². The van der Waals surface area contributed by atoms with Gasteiger partial charge in [-0.05, 0) is 59.4 Å². The number of benzene rings is 1. The minimum Gasteiger partial charge on any atom is -0.497 e. The molecule has 152 valence electrons. The summed E-state index contributed by atoms with van der Waals surface area (Å²) in [6.45, 7) is 7.39. The lowest BCUT2D eigenvalue weighted by atomic mass is 10.3. The number of anilines is 1. The molecule has 0 saturated heterocycles. The lowest BCUT2D eigenvalue weighted by molar-refractivity contribution is 0.0956. The van der Waals surface area contributed by atoms with Gasteiger partial charge in [0.15, 0.2) is 15.6 Å². The molecule has 0 aliphatic heterocycles. The van der Waals surface area contributed by atoms with E-state index in [4.69, 9.17) is 9.15 Å². The van der Waals surface area contributed by atoms with Gasteiger partial charge in [-0.15, -0.1) is 12.4 Å². The van der Waals surface area contributed by atoms with Crippen LogP contribution >= 0.6 is 39.7 Å². The van der Waals surface area contributed by atoms with E-state index in [0.29, 0.717) is 22.1 Å². The van der Waals surface area contributed by atoms with Crippen molar-refractivity contribution in [1.82, 2.24) is 9.88 Å². The summed E-state index contributed by atoms with van der Waals surface area (Å²) in [5, 5.41) is 0.655. The third kappa shape index (κ3) is 5.05. The Labute approximate surface area is 183 Å². The van der Waals surface area contributed by atoms with Gasteiger partial charge in [0, 0.05) is 13.1 Å². The van der Waals surface area contributed by atoms with Crippen LogP contribution < -0.4 is 9.64 Å². The molecule has 0 radical (unpaired) electrons. The number of carbonyl (C=O) groups is 1. The highest BCUT2D eigenvalue weighted by molar-refractivity contribution is 9.10. The summed E-state index contributed by atoms with van der Waals surface area (Å²) in [4.78, 5) is 21.7. The molecular formula is C19H23BrClN3O3S. The van der Waals surface area contributed by atoms with Gasteiger partial charge in [0.1, 0.15) is 5.75 Å². The van der Waals surface area contributed by atoms with Gasteiger partial charge in [-0.2, -0.15) is 0 Å². The fraction of sp³-hybridized carbons (Fsp3) is 0.368. The van der Waals surface area contributed by atoms with Crippen molar-refractivity contribution in [3.63, 3.8) is 0 Å². The summed E-state index contributed by atoms with van der Waals surface area (Å²) in [5.74, 6) is 0.866. The number of halogens is 2. The number of ether oxygens (including phenoxy) is 1. The topological polar surface area (TPSA) is 58.8 Å². The van der Waals surface area contributed by atoms with E-state index in [1.807, 2.05) is 18.2 Å². The molecule has 0 atom stereocenters. The number of aromatic nitrogens is 1. The van der Waals surface area contributed by atoms with Crippen LogP contribution in [-0.4, -0.2) is 49.1 Å². The average Bonchev–Trinajstić information content (AvgIpc) is 3.30. The fourth-order valence-corrected chi connectivity index (χ4v) is 4.09. The number of furan rings is 1. The minimum absolute atomic E-state index is 0. The molecule has 2 aromatic heterocycles. The monoisotopic (exact) mass is 487 g/mol. The Morgan fingerprint density at radius 2 is 1.96 bits per heavy atom. The zero-order valence-corrected chi connectivity index (χ0v) is 19.2. The first-order valence-corrected chi connectivity index (χ1v) is 10.4. The average molecular weight is 489 g/mol. The number of amides is 1. The molecule has 0 unspecified atom stereocenters. The van der Waals surface area contributed by atoms with E-state index in [1.165, 1.54) is 11.3 Å². The van der Waals surface area contributed by atoms with Crippen LogP contribution in [-0.2, 0) is 0 Å². The molecule has 0 fully saturated rings. The molecule has 28 heavy (non-hydrogen) atoms. The zero-order valence-electron chi connectivity index (χ0n) is 16.0. The first-order chi connectivity index (χ1) is 13.0. The largest absolute Gasteiger partial charge is 0.497 e. The molecular weight excluding hydrogens is 466 g/mol. The zero-order chi connectivity index (χ0) is 19.4. The number of nitrogens with zero attached hydrogens (tertiary/aromatic N) is 3. The van der Waals surface area contributed by atoms with E-state index in [-0.39, 0.29) is 18.3 Å². The maximum Gasteiger partial charge on any atom is 0.295 e. The van der Waals surface area contributed by atoms with Gasteiger partial charge in [-0.25, -0.2) is 4.98 Å². The van der Waals surface area contributed by atoms with E-state index in [9.17, 15) is 4.79 Å². The number of methoxy groups -OCH3 is 1. The van der Waals surface area contributed by atoms with Crippen molar-refractivity contribution in [2.75, 3.05) is 38.2 Å². The maximum atomic E-state index is 13.1. The smallest absolute Gasteiger partial charge is 0.295 e. The Bertz CT molecular complexity index is 926. The summed E-state index contributed by atoms with van der Waals surface area (Å²) in [5.41, 5.74) is 0.845. The molecule has 6 nitrogen and oxygen atoms in total. The molecule has 3 rings (SSSR count). The first-order valence-electron chi connectivity index (χ1n) is 8.79. The summed E-state index contributed by atoms with van der Waals surface area (Å²) in [6, 6.07) is 9.11. The molecule has 2 heterocycles. The first kappa shape index (κ1) is 22.7. The lowest BCUT2D eigenvalue weighted by Crippen LogP contribution is -2.38. The van der Waals surface area contributed by atoms with E-state index in [1.54, 1.807) is 24.1 Å². The SMILES string of the molecule is CCN(CC)CCN(C(=O)c1ccc(Br)o1)c1nc2ccc(OC)cc2s1.Cl. The standard InChI is InChI=1S/C19H22BrN3O3S.ClH/c1-4-22(5-2)10-11-23(18(24)15-8-9-17(20)26-15)19-21-14-7-6-13(25-3)12-16(14)27-19;/h6-9,12H,4-5,10-11H2,1-3H3;1H. The molecule has 0 saturated carbocycles. The predicted octanol–water partition coefficient (Wildman–Crippen LogP) is 5.07.